The zero-order valence-electron chi connectivity index (χ0n) is 17.5. The van der Waals surface area contributed by atoms with Crippen LogP contribution in [0.2, 0.25) is 0 Å². The van der Waals surface area contributed by atoms with Crippen molar-refractivity contribution in [2.75, 3.05) is 34.5 Å². The first kappa shape index (κ1) is 27.4. The molecule has 0 aromatic heterocycles. The minimum atomic E-state index is 0.0790. The quantitative estimate of drug-likeness (QED) is 0.189. The van der Waals surface area contributed by atoms with Crippen molar-refractivity contribution in [3.8, 4) is 0 Å². The summed E-state index contributed by atoms with van der Waals surface area (Å²) in [4.78, 5) is 25.4. The molecular weight excluding hydrogens is 553 g/mol. The number of thioether (sulfide) groups is 8. The van der Waals surface area contributed by atoms with Gasteiger partial charge in [0.05, 0.1) is 9.16 Å². The molecule has 0 aliphatic carbocycles. The third-order valence-electron chi connectivity index (χ3n) is 4.38. The van der Waals surface area contributed by atoms with Crippen molar-refractivity contribution in [2.45, 2.75) is 29.5 Å². The topological polar surface area (TPSA) is 34.1 Å². The molecule has 2 aliphatic heterocycles. The lowest BCUT2D eigenvalue weighted by atomic mass is 10.4. The van der Waals surface area contributed by atoms with E-state index in [2.05, 4.69) is 37.4 Å². The predicted molar refractivity (Wildman–Crippen MR) is 158 cm³/mol. The molecule has 0 saturated carbocycles. The van der Waals surface area contributed by atoms with Crippen LogP contribution in [0.4, 0.5) is 0 Å². The first-order valence-electron chi connectivity index (χ1n) is 10.0. The fourth-order valence-electron chi connectivity index (χ4n) is 2.79. The Morgan fingerprint density at radius 3 is 1.56 bits per heavy atom. The smallest absolute Gasteiger partial charge is 0.211 e. The van der Waals surface area contributed by atoms with Crippen LogP contribution in [-0.4, -0.2) is 64.4 Å². The molecule has 174 valence electrons. The molecule has 2 fully saturated rings. The number of rotatable bonds is 12. The summed E-state index contributed by atoms with van der Waals surface area (Å²) in [6.07, 6.45) is 2.81. The molecule has 10 heteroatoms. The van der Waals surface area contributed by atoms with E-state index in [-0.39, 0.29) is 10.2 Å². The van der Waals surface area contributed by atoms with Gasteiger partial charge in [-0.05, 0) is 36.4 Å². The molecule has 0 N–H and O–H groups in total. The van der Waals surface area contributed by atoms with Gasteiger partial charge in [-0.1, -0.05) is 36.7 Å². The average Bonchev–Trinajstić information content (AvgIpc) is 3.48. The van der Waals surface area contributed by atoms with Gasteiger partial charge in [-0.3, -0.25) is 9.59 Å². The van der Waals surface area contributed by atoms with Gasteiger partial charge in [0, 0.05) is 54.8 Å². The minimum Gasteiger partial charge on any atom is -0.282 e. The van der Waals surface area contributed by atoms with Crippen LogP contribution in [0, 0.1) is 0 Å². The first-order chi connectivity index (χ1) is 15.6. The zero-order chi connectivity index (χ0) is 22.8. The van der Waals surface area contributed by atoms with Crippen molar-refractivity contribution >= 4 is 104 Å². The molecule has 1 aromatic carbocycles. The van der Waals surface area contributed by atoms with E-state index in [9.17, 15) is 9.59 Å². The second kappa shape index (κ2) is 15.1. The number of hydrogen-bond donors (Lipinski definition) is 0. The molecule has 0 amide bonds. The van der Waals surface area contributed by atoms with Crippen molar-refractivity contribution in [3.63, 3.8) is 0 Å². The largest absolute Gasteiger partial charge is 0.282 e. The Bertz CT molecular complexity index is 720. The van der Waals surface area contributed by atoms with Crippen LogP contribution in [-0.2, 0) is 9.59 Å². The summed E-state index contributed by atoms with van der Waals surface area (Å²) in [6, 6.07) is 8.95. The van der Waals surface area contributed by atoms with E-state index in [4.69, 9.17) is 0 Å². The average molecular weight is 579 g/mol. The molecule has 0 spiro atoms. The van der Waals surface area contributed by atoms with Gasteiger partial charge in [-0.25, -0.2) is 0 Å². The summed E-state index contributed by atoms with van der Waals surface area (Å²) in [5.41, 5.74) is 0. The third-order valence-corrected chi connectivity index (χ3v) is 16.4. The molecule has 4 atom stereocenters. The van der Waals surface area contributed by atoms with E-state index in [1.165, 1.54) is 45.5 Å². The molecule has 2 nitrogen and oxygen atoms in total. The van der Waals surface area contributed by atoms with Crippen molar-refractivity contribution in [2.24, 2.45) is 0 Å². The number of carbonyl (C=O) groups excluding carboxylic acids is 2. The fraction of sp³-hybridized carbons (Fsp3) is 0.455. The standard InChI is InChI=1S/C22H26O2S8/c1-3-19(23)27-9-17-11-29-21(31-17)13-25-15-5-7-16(8-6-15)26-14-22-30-12-18(32-22)10-28-20(24)4-2/h3-8,17-18,21-22H,1-2,9-14H2. The van der Waals surface area contributed by atoms with Crippen molar-refractivity contribution in [3.05, 3.63) is 49.6 Å². The molecule has 1 aromatic rings. The van der Waals surface area contributed by atoms with Crippen LogP contribution in [0.1, 0.15) is 0 Å². The maximum absolute atomic E-state index is 11.4. The molecular formula is C22H26O2S8. The van der Waals surface area contributed by atoms with E-state index in [0.717, 1.165) is 34.5 Å². The normalized spacial score (nSPS) is 25.0. The highest BCUT2D eigenvalue weighted by Crippen LogP contribution is 2.43. The van der Waals surface area contributed by atoms with Crippen LogP contribution in [0.5, 0.6) is 0 Å². The summed E-state index contributed by atoms with van der Waals surface area (Å²) < 4.78 is 1.20. The summed E-state index contributed by atoms with van der Waals surface area (Å²) in [7, 11) is 0. The highest BCUT2D eigenvalue weighted by Gasteiger charge is 2.27. The lowest BCUT2D eigenvalue weighted by molar-refractivity contribution is -0.107. The van der Waals surface area contributed by atoms with Gasteiger partial charge < -0.3 is 0 Å². The van der Waals surface area contributed by atoms with E-state index >= 15 is 0 Å². The second-order valence-electron chi connectivity index (χ2n) is 6.80. The molecule has 0 bridgehead atoms. The van der Waals surface area contributed by atoms with E-state index in [0.29, 0.717) is 19.7 Å². The Balaban J connectivity index is 1.31. The number of benzene rings is 1. The van der Waals surface area contributed by atoms with Crippen LogP contribution in [0.25, 0.3) is 0 Å². The van der Waals surface area contributed by atoms with Crippen LogP contribution >= 0.6 is 94.1 Å². The predicted octanol–water partition coefficient (Wildman–Crippen LogP) is 7.11. The highest BCUT2D eigenvalue weighted by molar-refractivity contribution is 8.23. The summed E-state index contributed by atoms with van der Waals surface area (Å²) in [6.45, 7) is 7.07. The van der Waals surface area contributed by atoms with Gasteiger partial charge in [0.2, 0.25) is 10.2 Å². The van der Waals surface area contributed by atoms with E-state index in [1.807, 2.05) is 70.6 Å². The maximum Gasteiger partial charge on any atom is 0.211 e. The van der Waals surface area contributed by atoms with E-state index < -0.39 is 0 Å². The Labute approximate surface area is 225 Å². The Hall–Kier alpha value is 0.840. The van der Waals surface area contributed by atoms with Gasteiger partial charge in [-0.2, -0.15) is 0 Å². The second-order valence-corrected chi connectivity index (χ2v) is 17.1. The lowest BCUT2D eigenvalue weighted by Gasteiger charge is -2.11. The molecule has 2 saturated heterocycles. The molecule has 3 rings (SSSR count). The third kappa shape index (κ3) is 9.84. The Morgan fingerprint density at radius 2 is 1.19 bits per heavy atom. The molecule has 2 aliphatic rings. The zero-order valence-corrected chi connectivity index (χ0v) is 24.0. The van der Waals surface area contributed by atoms with Gasteiger partial charge in [0.1, 0.15) is 0 Å². The summed E-state index contributed by atoms with van der Waals surface area (Å²) >= 11 is 14.7. The summed E-state index contributed by atoms with van der Waals surface area (Å²) in [5.74, 6) is 6.23. The Kier molecular flexibility index (Phi) is 12.9. The minimum absolute atomic E-state index is 0.0790. The molecule has 4 unspecified atom stereocenters. The lowest BCUT2D eigenvalue weighted by Crippen LogP contribution is -2.07. The number of carbonyl (C=O) groups is 2. The van der Waals surface area contributed by atoms with Gasteiger partial charge in [-0.15, -0.1) is 70.6 Å². The van der Waals surface area contributed by atoms with Gasteiger partial charge >= 0.3 is 0 Å². The summed E-state index contributed by atoms with van der Waals surface area (Å²) in [5, 5.41) is 1.28. The first-order valence-corrected chi connectivity index (χ1v) is 18.0. The van der Waals surface area contributed by atoms with E-state index in [1.54, 1.807) is 0 Å². The van der Waals surface area contributed by atoms with Crippen molar-refractivity contribution < 1.29 is 9.59 Å². The fourth-order valence-corrected chi connectivity index (χ4v) is 13.9. The van der Waals surface area contributed by atoms with Crippen LogP contribution in [0.3, 0.4) is 0 Å². The highest BCUT2D eigenvalue weighted by atomic mass is 32.2. The van der Waals surface area contributed by atoms with Crippen LogP contribution in [0.15, 0.2) is 59.4 Å². The van der Waals surface area contributed by atoms with Crippen LogP contribution < -0.4 is 0 Å². The van der Waals surface area contributed by atoms with Crippen molar-refractivity contribution in [1.82, 2.24) is 0 Å². The van der Waals surface area contributed by atoms with Gasteiger partial charge in [0.25, 0.3) is 0 Å². The Morgan fingerprint density at radius 1 is 0.781 bits per heavy atom. The maximum atomic E-state index is 11.4. The van der Waals surface area contributed by atoms with Crippen molar-refractivity contribution in [1.29, 1.82) is 0 Å². The van der Waals surface area contributed by atoms with Gasteiger partial charge in [0.15, 0.2) is 0 Å². The number of hydrogen-bond acceptors (Lipinski definition) is 10. The molecule has 32 heavy (non-hydrogen) atoms. The molecule has 0 radical (unpaired) electrons. The monoisotopic (exact) mass is 578 g/mol. The SMILES string of the molecule is C=CC(=O)SCC1CSC(CSc2ccc(SCC3SCC(CSC(=O)C=C)S3)cc2)S1. The molecule has 2 heterocycles.